The van der Waals surface area contributed by atoms with Crippen LogP contribution in [0.1, 0.15) is 35.2 Å². The Labute approximate surface area is 196 Å². The Morgan fingerprint density at radius 1 is 1.24 bits per heavy atom. The first-order chi connectivity index (χ1) is 16.5. The first-order valence-corrected chi connectivity index (χ1v) is 11.7. The molecule has 3 aromatic heterocycles. The summed E-state index contributed by atoms with van der Waals surface area (Å²) in [4.78, 5) is 23.0. The molecule has 1 unspecified atom stereocenters. The molecule has 0 spiro atoms. The summed E-state index contributed by atoms with van der Waals surface area (Å²) in [5.41, 5.74) is 5.00. The molecule has 6 rings (SSSR count). The number of aromatic nitrogens is 3. The van der Waals surface area contributed by atoms with Gasteiger partial charge in [0.05, 0.1) is 28.9 Å². The van der Waals surface area contributed by atoms with Crippen molar-refractivity contribution in [2.75, 3.05) is 13.2 Å². The molecule has 2 N–H and O–H groups in total. The number of ether oxygens (including phenoxy) is 1. The minimum atomic E-state index is -0.972. The first-order valence-electron chi connectivity index (χ1n) is 11.7. The molecule has 4 heterocycles. The molecule has 1 aliphatic carbocycles. The molecule has 1 amide bonds. The number of carbonyl (C=O) groups excluding carboxylic acids is 1. The van der Waals surface area contributed by atoms with Crippen molar-refractivity contribution in [3.05, 3.63) is 53.7 Å². The van der Waals surface area contributed by atoms with Gasteiger partial charge in [0.25, 0.3) is 0 Å². The van der Waals surface area contributed by atoms with Crippen LogP contribution in [0, 0.1) is 18.8 Å². The summed E-state index contributed by atoms with van der Waals surface area (Å²) < 4.78 is 10.2. The number of pyridine rings is 1. The minimum absolute atomic E-state index is 0.0829. The van der Waals surface area contributed by atoms with Gasteiger partial charge >= 0.3 is 5.97 Å². The molecular formula is C26H26N4O4. The number of nitrogens with one attached hydrogen (secondary N) is 1. The van der Waals surface area contributed by atoms with Crippen LogP contribution in [0.3, 0.4) is 0 Å². The smallest absolute Gasteiger partial charge is 0.337 e. The highest BCUT2D eigenvalue weighted by Gasteiger charge is 2.27. The highest BCUT2D eigenvalue weighted by Crippen LogP contribution is 2.39. The number of rotatable bonds is 7. The molecule has 0 bridgehead atoms. The number of carboxylic acids is 1. The summed E-state index contributed by atoms with van der Waals surface area (Å²) in [6, 6.07) is 11.7. The van der Waals surface area contributed by atoms with Crippen LogP contribution in [0.5, 0.6) is 5.75 Å². The number of nitrogens with zero attached hydrogens (tertiary/aromatic N) is 3. The third-order valence-corrected chi connectivity index (χ3v) is 6.92. The molecule has 174 valence electrons. The third kappa shape index (κ3) is 3.59. The molecule has 0 radical (unpaired) electrons. The van der Waals surface area contributed by atoms with Crippen molar-refractivity contribution in [2.24, 2.45) is 11.8 Å². The molecule has 1 aliphatic heterocycles. The summed E-state index contributed by atoms with van der Waals surface area (Å²) in [6.07, 6.45) is 4.49. The van der Waals surface area contributed by atoms with Crippen molar-refractivity contribution in [1.82, 2.24) is 19.5 Å². The number of hydrogen-bond donors (Lipinski definition) is 2. The number of para-hydroxylation sites is 1. The van der Waals surface area contributed by atoms with Crippen LogP contribution in [0.4, 0.5) is 0 Å². The fourth-order valence-corrected chi connectivity index (χ4v) is 4.88. The molecular weight excluding hydrogens is 432 g/mol. The third-order valence-electron chi connectivity index (χ3n) is 6.92. The van der Waals surface area contributed by atoms with Crippen molar-refractivity contribution in [3.63, 3.8) is 0 Å². The number of carboxylic acid groups (broad SMARTS) is 1. The van der Waals surface area contributed by atoms with E-state index in [2.05, 4.69) is 22.0 Å². The second-order valence-electron chi connectivity index (χ2n) is 9.49. The van der Waals surface area contributed by atoms with Gasteiger partial charge in [-0.25, -0.2) is 9.31 Å². The standard InChI is InChI=1S/C26H26N4O4/c1-15-20-8-7-19(26(32)33)13-30(20)28-24(15)21-10-18-3-2-4-22(25(18)29(21)12-16-5-6-16)34-14-17-9-23(31)27-11-17/h2-4,7-8,10,13,16-17H,5-6,9,11-12,14H2,1H3,(H,27,31)(H,32,33). The van der Waals surface area contributed by atoms with E-state index in [1.54, 1.807) is 16.8 Å². The molecule has 2 fully saturated rings. The second kappa shape index (κ2) is 7.90. The predicted molar refractivity (Wildman–Crippen MR) is 127 cm³/mol. The first kappa shape index (κ1) is 20.8. The fraction of sp³-hybridized carbons (Fsp3) is 0.346. The average Bonchev–Trinajstić information content (AvgIpc) is 3.29. The quantitative estimate of drug-likeness (QED) is 0.438. The van der Waals surface area contributed by atoms with Gasteiger partial charge in [-0.3, -0.25) is 4.79 Å². The van der Waals surface area contributed by atoms with Crippen LogP contribution in [-0.4, -0.2) is 44.3 Å². The van der Waals surface area contributed by atoms with Crippen LogP contribution < -0.4 is 10.1 Å². The summed E-state index contributed by atoms with van der Waals surface area (Å²) in [5, 5.41) is 18.1. The van der Waals surface area contributed by atoms with Crippen LogP contribution in [0.2, 0.25) is 0 Å². The van der Waals surface area contributed by atoms with Crippen LogP contribution in [-0.2, 0) is 11.3 Å². The highest BCUT2D eigenvalue weighted by atomic mass is 16.5. The molecule has 34 heavy (non-hydrogen) atoms. The zero-order valence-corrected chi connectivity index (χ0v) is 19.0. The Balaban J connectivity index is 1.45. The lowest BCUT2D eigenvalue weighted by Gasteiger charge is -2.15. The zero-order valence-electron chi connectivity index (χ0n) is 19.0. The summed E-state index contributed by atoms with van der Waals surface area (Å²) in [5.74, 6) is 0.742. The number of aromatic carboxylic acids is 1. The lowest BCUT2D eigenvalue weighted by molar-refractivity contribution is -0.119. The Morgan fingerprint density at radius 2 is 2.09 bits per heavy atom. The van der Waals surface area contributed by atoms with Crippen LogP contribution in [0.15, 0.2) is 42.6 Å². The van der Waals surface area contributed by atoms with E-state index in [0.29, 0.717) is 25.5 Å². The number of aryl methyl sites for hydroxylation is 1. The lowest BCUT2D eigenvalue weighted by atomic mass is 10.1. The van der Waals surface area contributed by atoms with Crippen LogP contribution in [0.25, 0.3) is 27.8 Å². The van der Waals surface area contributed by atoms with Gasteiger partial charge in [-0.15, -0.1) is 0 Å². The van der Waals surface area contributed by atoms with E-state index in [-0.39, 0.29) is 17.4 Å². The summed E-state index contributed by atoms with van der Waals surface area (Å²) in [6.45, 7) is 4.06. The van der Waals surface area contributed by atoms with Gasteiger partial charge in [0.2, 0.25) is 5.91 Å². The predicted octanol–water partition coefficient (Wildman–Crippen LogP) is 3.89. The highest BCUT2D eigenvalue weighted by molar-refractivity contribution is 5.92. The van der Waals surface area contributed by atoms with E-state index in [4.69, 9.17) is 9.84 Å². The maximum Gasteiger partial charge on any atom is 0.337 e. The largest absolute Gasteiger partial charge is 0.491 e. The van der Waals surface area contributed by atoms with Crippen molar-refractivity contribution in [3.8, 4) is 17.1 Å². The summed E-state index contributed by atoms with van der Waals surface area (Å²) in [7, 11) is 0. The SMILES string of the molecule is Cc1c(-c2cc3cccc(OCC4CNC(=O)C4)c3n2CC2CC2)nn2cc(C(=O)O)ccc12. The molecule has 8 nitrogen and oxygen atoms in total. The molecule has 1 saturated heterocycles. The van der Waals surface area contributed by atoms with Gasteiger partial charge in [-0.05, 0) is 49.9 Å². The minimum Gasteiger partial charge on any atom is -0.491 e. The topological polar surface area (TPSA) is 97.9 Å². The molecule has 1 saturated carbocycles. The molecule has 1 atom stereocenters. The van der Waals surface area contributed by atoms with E-state index in [0.717, 1.165) is 45.7 Å². The van der Waals surface area contributed by atoms with E-state index in [1.165, 1.54) is 12.8 Å². The Kier molecular flexibility index (Phi) is 4.83. The molecule has 4 aromatic rings. The Hall–Kier alpha value is -3.81. The zero-order chi connectivity index (χ0) is 23.4. The maximum atomic E-state index is 11.6. The number of amides is 1. The molecule has 1 aromatic carbocycles. The molecule has 2 aliphatic rings. The van der Waals surface area contributed by atoms with E-state index < -0.39 is 5.97 Å². The van der Waals surface area contributed by atoms with Gasteiger partial charge in [0.15, 0.2) is 0 Å². The van der Waals surface area contributed by atoms with Gasteiger partial charge in [-0.1, -0.05) is 12.1 Å². The number of fused-ring (bicyclic) bond motifs is 2. The average molecular weight is 459 g/mol. The van der Waals surface area contributed by atoms with Gasteiger partial charge in [0.1, 0.15) is 11.4 Å². The van der Waals surface area contributed by atoms with Crippen molar-refractivity contribution in [1.29, 1.82) is 0 Å². The van der Waals surface area contributed by atoms with Gasteiger partial charge < -0.3 is 19.7 Å². The van der Waals surface area contributed by atoms with Gasteiger partial charge in [0, 0.05) is 42.6 Å². The maximum absolute atomic E-state index is 11.6. The summed E-state index contributed by atoms with van der Waals surface area (Å²) >= 11 is 0. The molecule has 8 heteroatoms. The van der Waals surface area contributed by atoms with E-state index in [9.17, 15) is 14.7 Å². The van der Waals surface area contributed by atoms with Crippen LogP contribution >= 0.6 is 0 Å². The van der Waals surface area contributed by atoms with Gasteiger partial charge in [-0.2, -0.15) is 5.10 Å². The Morgan fingerprint density at radius 3 is 2.82 bits per heavy atom. The van der Waals surface area contributed by atoms with E-state index in [1.807, 2.05) is 25.1 Å². The van der Waals surface area contributed by atoms with E-state index >= 15 is 0 Å². The van der Waals surface area contributed by atoms with Crippen molar-refractivity contribution in [2.45, 2.75) is 32.7 Å². The van der Waals surface area contributed by atoms with Crippen molar-refractivity contribution >= 4 is 28.3 Å². The second-order valence-corrected chi connectivity index (χ2v) is 9.49. The number of carbonyl (C=O) groups is 2. The Bertz CT molecular complexity index is 1450. The number of hydrogen-bond acceptors (Lipinski definition) is 4. The monoisotopic (exact) mass is 458 g/mol. The normalized spacial score (nSPS) is 18.0. The lowest BCUT2D eigenvalue weighted by Crippen LogP contribution is -2.17. The fourth-order valence-electron chi connectivity index (χ4n) is 4.88. The number of benzene rings is 1. The van der Waals surface area contributed by atoms with Crippen molar-refractivity contribution < 1.29 is 19.4 Å².